The van der Waals surface area contributed by atoms with E-state index < -0.39 is 5.82 Å². The number of benzene rings is 2. The van der Waals surface area contributed by atoms with Crippen molar-refractivity contribution in [1.82, 2.24) is 0 Å². The molecule has 110 valence electrons. The zero-order chi connectivity index (χ0) is 15.1. The Labute approximate surface area is 124 Å². The molecule has 0 bridgehead atoms. The molecule has 0 radical (unpaired) electrons. The molecule has 0 aliphatic carbocycles. The maximum absolute atomic E-state index is 14.0. The van der Waals surface area contributed by atoms with Crippen LogP contribution < -0.4 is 5.73 Å². The molecule has 4 heteroatoms. The number of aryl methyl sites for hydroxylation is 1. The van der Waals surface area contributed by atoms with Gasteiger partial charge in [-0.15, -0.1) is 0 Å². The third-order valence-electron chi connectivity index (χ3n) is 3.22. The first-order valence-corrected chi connectivity index (χ1v) is 6.92. The van der Waals surface area contributed by atoms with Crippen LogP contribution >= 0.6 is 0 Å². The second kappa shape index (κ2) is 7.55. The highest BCUT2D eigenvalue weighted by molar-refractivity contribution is 5.95. The van der Waals surface area contributed by atoms with Crippen LogP contribution in [0.15, 0.2) is 48.5 Å². The highest BCUT2D eigenvalue weighted by Gasteiger charge is 2.09. The minimum Gasteiger partial charge on any atom is -0.384 e. The van der Waals surface area contributed by atoms with E-state index in [-0.39, 0.29) is 18.0 Å². The molecular weight excluding hydrogens is 267 g/mol. The summed E-state index contributed by atoms with van der Waals surface area (Å²) in [6, 6.07) is 15.0. The van der Waals surface area contributed by atoms with Crippen molar-refractivity contribution in [3.05, 3.63) is 71.0 Å². The van der Waals surface area contributed by atoms with Gasteiger partial charge >= 0.3 is 0 Å². The summed E-state index contributed by atoms with van der Waals surface area (Å²) < 4.78 is 19.5. The van der Waals surface area contributed by atoms with Gasteiger partial charge in [-0.2, -0.15) is 0 Å². The molecule has 2 aromatic carbocycles. The van der Waals surface area contributed by atoms with E-state index in [0.717, 1.165) is 12.8 Å². The second-order valence-corrected chi connectivity index (χ2v) is 4.83. The van der Waals surface area contributed by atoms with E-state index in [4.69, 9.17) is 15.9 Å². The van der Waals surface area contributed by atoms with Crippen molar-refractivity contribution in [2.75, 3.05) is 6.61 Å². The smallest absolute Gasteiger partial charge is 0.139 e. The Bertz CT molecular complexity index is 599. The van der Waals surface area contributed by atoms with Crippen LogP contribution in [0.5, 0.6) is 0 Å². The summed E-state index contributed by atoms with van der Waals surface area (Å²) in [6.45, 7) is 0.764. The summed E-state index contributed by atoms with van der Waals surface area (Å²) in [4.78, 5) is 0. The number of hydrogen-bond donors (Lipinski definition) is 2. The Hall–Kier alpha value is -2.20. The predicted molar refractivity (Wildman–Crippen MR) is 81.8 cm³/mol. The number of hydrogen-bond acceptors (Lipinski definition) is 2. The van der Waals surface area contributed by atoms with Crippen LogP contribution in [0.3, 0.4) is 0 Å². The average Bonchev–Trinajstić information content (AvgIpc) is 2.49. The van der Waals surface area contributed by atoms with Crippen molar-refractivity contribution in [2.45, 2.75) is 19.4 Å². The minimum atomic E-state index is -0.465. The van der Waals surface area contributed by atoms with Crippen LogP contribution in [0.4, 0.5) is 4.39 Å². The van der Waals surface area contributed by atoms with Gasteiger partial charge in [0.05, 0.1) is 12.2 Å². The summed E-state index contributed by atoms with van der Waals surface area (Å²) in [7, 11) is 0. The number of halogens is 1. The summed E-state index contributed by atoms with van der Waals surface area (Å²) in [5, 5.41) is 7.31. The SMILES string of the molecule is N=C(N)c1cccc(COCCCc2ccccc2)c1F. The molecule has 0 aliphatic heterocycles. The van der Waals surface area contributed by atoms with Crippen molar-refractivity contribution in [2.24, 2.45) is 5.73 Å². The van der Waals surface area contributed by atoms with Gasteiger partial charge in [-0.05, 0) is 24.5 Å². The van der Waals surface area contributed by atoms with Crippen molar-refractivity contribution < 1.29 is 9.13 Å². The fourth-order valence-electron chi connectivity index (χ4n) is 2.10. The molecule has 0 saturated heterocycles. The molecule has 0 aromatic heterocycles. The molecule has 3 nitrogen and oxygen atoms in total. The molecule has 0 aliphatic rings. The molecule has 3 N–H and O–H groups in total. The Morgan fingerprint density at radius 3 is 2.57 bits per heavy atom. The zero-order valence-electron chi connectivity index (χ0n) is 11.8. The van der Waals surface area contributed by atoms with Gasteiger partial charge in [0.2, 0.25) is 0 Å². The fourth-order valence-corrected chi connectivity index (χ4v) is 2.10. The maximum Gasteiger partial charge on any atom is 0.139 e. The van der Waals surface area contributed by atoms with Gasteiger partial charge in [0.25, 0.3) is 0 Å². The topological polar surface area (TPSA) is 59.1 Å². The third kappa shape index (κ3) is 4.39. The second-order valence-electron chi connectivity index (χ2n) is 4.83. The van der Waals surface area contributed by atoms with Crippen LogP contribution in [0.25, 0.3) is 0 Å². The first-order valence-electron chi connectivity index (χ1n) is 6.92. The number of ether oxygens (including phenoxy) is 1. The van der Waals surface area contributed by atoms with Crippen molar-refractivity contribution in [1.29, 1.82) is 5.41 Å². The molecule has 0 heterocycles. The van der Waals surface area contributed by atoms with E-state index in [2.05, 4.69) is 12.1 Å². The monoisotopic (exact) mass is 286 g/mol. The summed E-state index contributed by atoms with van der Waals surface area (Å²) in [6.07, 6.45) is 1.83. The lowest BCUT2D eigenvalue weighted by Crippen LogP contribution is -2.14. The molecule has 0 fully saturated rings. The zero-order valence-corrected chi connectivity index (χ0v) is 11.8. The van der Waals surface area contributed by atoms with Gasteiger partial charge in [0, 0.05) is 12.2 Å². The van der Waals surface area contributed by atoms with Crippen molar-refractivity contribution >= 4 is 5.84 Å². The van der Waals surface area contributed by atoms with Gasteiger partial charge in [-0.1, -0.05) is 42.5 Å². The maximum atomic E-state index is 14.0. The van der Waals surface area contributed by atoms with Gasteiger partial charge in [-0.3, -0.25) is 5.41 Å². The molecular formula is C17H19FN2O. The Morgan fingerprint density at radius 2 is 1.86 bits per heavy atom. The number of nitrogen functional groups attached to an aromatic ring is 1. The lowest BCUT2D eigenvalue weighted by molar-refractivity contribution is 0.116. The van der Waals surface area contributed by atoms with Crippen LogP contribution in [0.1, 0.15) is 23.1 Å². The van der Waals surface area contributed by atoms with Gasteiger partial charge < -0.3 is 10.5 Å². The Balaban J connectivity index is 1.79. The first kappa shape index (κ1) is 15.2. The van der Waals surface area contributed by atoms with Crippen LogP contribution in [-0.4, -0.2) is 12.4 Å². The highest BCUT2D eigenvalue weighted by atomic mass is 19.1. The summed E-state index contributed by atoms with van der Waals surface area (Å²) in [5.74, 6) is -0.730. The van der Waals surface area contributed by atoms with E-state index in [0.29, 0.717) is 12.2 Å². The third-order valence-corrected chi connectivity index (χ3v) is 3.22. The van der Waals surface area contributed by atoms with Gasteiger partial charge in [0.15, 0.2) is 0 Å². The molecule has 0 atom stereocenters. The van der Waals surface area contributed by atoms with Gasteiger partial charge in [0.1, 0.15) is 11.7 Å². The summed E-state index contributed by atoms with van der Waals surface area (Å²) in [5.41, 5.74) is 7.15. The van der Waals surface area contributed by atoms with Crippen molar-refractivity contribution in [3.8, 4) is 0 Å². The lowest BCUT2D eigenvalue weighted by atomic mass is 10.1. The molecule has 0 saturated carbocycles. The molecule has 2 rings (SSSR count). The van der Waals surface area contributed by atoms with E-state index in [1.165, 1.54) is 11.6 Å². The normalized spacial score (nSPS) is 10.5. The van der Waals surface area contributed by atoms with Crippen LogP contribution in [0, 0.1) is 11.2 Å². The average molecular weight is 286 g/mol. The van der Waals surface area contributed by atoms with E-state index in [1.807, 2.05) is 18.2 Å². The lowest BCUT2D eigenvalue weighted by Gasteiger charge is -2.08. The summed E-state index contributed by atoms with van der Waals surface area (Å²) >= 11 is 0. The number of nitrogens with two attached hydrogens (primary N) is 1. The quantitative estimate of drug-likeness (QED) is 0.466. The van der Waals surface area contributed by atoms with E-state index >= 15 is 0 Å². The molecule has 21 heavy (non-hydrogen) atoms. The molecule has 2 aromatic rings. The van der Waals surface area contributed by atoms with Crippen molar-refractivity contribution in [3.63, 3.8) is 0 Å². The minimum absolute atomic E-state index is 0.125. The molecule has 0 amide bonds. The Morgan fingerprint density at radius 1 is 1.10 bits per heavy atom. The number of rotatable bonds is 7. The fraction of sp³-hybridized carbons (Fsp3) is 0.235. The standard InChI is InChI=1S/C17H19FN2O/c18-16-14(9-4-10-15(16)17(19)20)12-21-11-5-8-13-6-2-1-3-7-13/h1-4,6-7,9-10H,5,8,11-12H2,(H3,19,20). The highest BCUT2D eigenvalue weighted by Crippen LogP contribution is 2.14. The predicted octanol–water partition coefficient (Wildman–Crippen LogP) is 3.26. The number of nitrogens with one attached hydrogen (secondary N) is 1. The Kier molecular flexibility index (Phi) is 5.46. The molecule has 0 spiro atoms. The molecule has 0 unspecified atom stereocenters. The largest absolute Gasteiger partial charge is 0.384 e. The first-order chi connectivity index (χ1) is 10.2. The van der Waals surface area contributed by atoms with Crippen LogP contribution in [-0.2, 0) is 17.8 Å². The van der Waals surface area contributed by atoms with Gasteiger partial charge in [-0.25, -0.2) is 4.39 Å². The number of amidine groups is 1. The van der Waals surface area contributed by atoms with E-state index in [1.54, 1.807) is 12.1 Å². The van der Waals surface area contributed by atoms with Crippen LogP contribution in [0.2, 0.25) is 0 Å². The van der Waals surface area contributed by atoms with E-state index in [9.17, 15) is 4.39 Å².